The molecular formula is C22H32N4O2. The van der Waals surface area contributed by atoms with E-state index in [1.165, 1.54) is 0 Å². The molecule has 1 atom stereocenters. The van der Waals surface area contributed by atoms with Crippen molar-refractivity contribution < 1.29 is 9.59 Å². The highest BCUT2D eigenvalue weighted by atomic mass is 16.2. The van der Waals surface area contributed by atoms with Gasteiger partial charge in [-0.1, -0.05) is 39.3 Å². The van der Waals surface area contributed by atoms with Crippen LogP contribution in [0.3, 0.4) is 0 Å². The minimum atomic E-state index is -0.0592. The zero-order valence-electron chi connectivity index (χ0n) is 17.5. The van der Waals surface area contributed by atoms with Crippen molar-refractivity contribution >= 4 is 22.8 Å². The summed E-state index contributed by atoms with van der Waals surface area (Å²) >= 11 is 0. The van der Waals surface area contributed by atoms with Gasteiger partial charge in [0.05, 0.1) is 17.1 Å². The lowest BCUT2D eigenvalue weighted by Crippen LogP contribution is -2.36. The molecule has 1 aliphatic rings. The number of likely N-dealkylation sites (N-methyl/N-ethyl adjacent to an activating group) is 1. The minimum absolute atomic E-state index is 0.0414. The monoisotopic (exact) mass is 384 g/mol. The Kier molecular flexibility index (Phi) is 6.37. The number of aromatic nitrogens is 2. The van der Waals surface area contributed by atoms with Crippen LogP contribution in [0.25, 0.3) is 11.0 Å². The maximum atomic E-state index is 12.8. The number of benzene rings is 1. The van der Waals surface area contributed by atoms with Crippen LogP contribution in [0.2, 0.25) is 0 Å². The van der Waals surface area contributed by atoms with E-state index in [0.717, 1.165) is 55.6 Å². The van der Waals surface area contributed by atoms with E-state index in [4.69, 9.17) is 4.98 Å². The number of carbonyl (C=O) groups is 2. The summed E-state index contributed by atoms with van der Waals surface area (Å²) in [5.74, 6) is 1.04. The van der Waals surface area contributed by atoms with Crippen LogP contribution in [-0.4, -0.2) is 51.3 Å². The predicted octanol–water partition coefficient (Wildman–Crippen LogP) is 3.61. The van der Waals surface area contributed by atoms with Gasteiger partial charge in [0, 0.05) is 26.1 Å². The number of carbonyl (C=O) groups excluding carboxylic acids is 2. The molecule has 1 aromatic carbocycles. The zero-order chi connectivity index (χ0) is 20.3. The molecule has 2 heterocycles. The molecule has 1 aliphatic heterocycles. The highest BCUT2D eigenvalue weighted by molar-refractivity contribution is 5.82. The highest BCUT2D eigenvalue weighted by Crippen LogP contribution is 2.34. The Labute approximate surface area is 167 Å². The third kappa shape index (κ3) is 4.05. The highest BCUT2D eigenvalue weighted by Gasteiger charge is 2.35. The van der Waals surface area contributed by atoms with Crippen molar-refractivity contribution in [1.82, 2.24) is 19.4 Å². The molecule has 2 aromatic rings. The number of imidazole rings is 1. The van der Waals surface area contributed by atoms with E-state index < -0.39 is 0 Å². The van der Waals surface area contributed by atoms with Gasteiger partial charge in [-0.2, -0.15) is 0 Å². The molecule has 0 bridgehead atoms. The maximum absolute atomic E-state index is 12.8. The van der Waals surface area contributed by atoms with Crippen molar-refractivity contribution in [2.45, 2.75) is 59.0 Å². The molecule has 1 saturated heterocycles. The zero-order valence-corrected chi connectivity index (χ0v) is 17.5. The van der Waals surface area contributed by atoms with Crippen LogP contribution in [0, 0.1) is 5.92 Å². The van der Waals surface area contributed by atoms with Gasteiger partial charge in [0.1, 0.15) is 12.4 Å². The number of amides is 2. The molecule has 1 unspecified atom stereocenters. The van der Waals surface area contributed by atoms with Crippen LogP contribution in [-0.2, 0) is 16.1 Å². The lowest BCUT2D eigenvalue weighted by Gasteiger charge is -2.27. The van der Waals surface area contributed by atoms with E-state index in [1.54, 1.807) is 4.90 Å². The van der Waals surface area contributed by atoms with Gasteiger partial charge in [-0.25, -0.2) is 4.98 Å². The first-order valence-electron chi connectivity index (χ1n) is 10.4. The fraction of sp³-hybridized carbons (Fsp3) is 0.591. The standard InChI is InChI=1S/C22H32N4O2/c1-5-6-13-24(4)20(27)15-26-18-11-8-7-10-17(18)23-21(26)19-12-9-14-25(19)22(28)16(2)3/h7-8,10-11,16,19H,5-6,9,12-15H2,1-4H3. The summed E-state index contributed by atoms with van der Waals surface area (Å²) in [6.07, 6.45) is 3.92. The van der Waals surface area contributed by atoms with Gasteiger partial charge in [-0.05, 0) is 31.4 Å². The molecule has 1 aromatic heterocycles. The molecule has 28 heavy (non-hydrogen) atoms. The van der Waals surface area contributed by atoms with Gasteiger partial charge >= 0.3 is 0 Å². The normalized spacial score (nSPS) is 16.9. The van der Waals surface area contributed by atoms with Gasteiger partial charge in [0.15, 0.2) is 0 Å². The molecule has 0 radical (unpaired) electrons. The summed E-state index contributed by atoms with van der Waals surface area (Å²) in [5.41, 5.74) is 1.84. The number of para-hydroxylation sites is 2. The van der Waals surface area contributed by atoms with Crippen molar-refractivity contribution in [2.75, 3.05) is 20.1 Å². The van der Waals surface area contributed by atoms with Crippen molar-refractivity contribution in [3.8, 4) is 0 Å². The minimum Gasteiger partial charge on any atom is -0.344 e. The van der Waals surface area contributed by atoms with Crippen molar-refractivity contribution in [3.05, 3.63) is 30.1 Å². The van der Waals surface area contributed by atoms with Crippen LogP contribution in [0.15, 0.2) is 24.3 Å². The predicted molar refractivity (Wildman–Crippen MR) is 111 cm³/mol. The van der Waals surface area contributed by atoms with E-state index in [9.17, 15) is 9.59 Å². The summed E-state index contributed by atoms with van der Waals surface area (Å²) < 4.78 is 2.02. The van der Waals surface area contributed by atoms with Gasteiger partial charge in [-0.3, -0.25) is 9.59 Å². The van der Waals surface area contributed by atoms with Crippen molar-refractivity contribution in [1.29, 1.82) is 0 Å². The third-order valence-corrected chi connectivity index (χ3v) is 5.58. The first-order chi connectivity index (χ1) is 13.4. The number of hydrogen-bond donors (Lipinski definition) is 0. The van der Waals surface area contributed by atoms with E-state index in [-0.39, 0.29) is 30.3 Å². The largest absolute Gasteiger partial charge is 0.344 e. The molecule has 1 fully saturated rings. The number of nitrogens with zero attached hydrogens (tertiary/aromatic N) is 4. The summed E-state index contributed by atoms with van der Waals surface area (Å²) in [6, 6.07) is 7.86. The summed E-state index contributed by atoms with van der Waals surface area (Å²) in [7, 11) is 1.86. The van der Waals surface area contributed by atoms with Crippen molar-refractivity contribution in [3.63, 3.8) is 0 Å². The number of hydrogen-bond acceptors (Lipinski definition) is 3. The molecule has 0 N–H and O–H groups in total. The molecule has 2 amide bonds. The third-order valence-electron chi connectivity index (χ3n) is 5.58. The van der Waals surface area contributed by atoms with Crippen molar-refractivity contribution in [2.24, 2.45) is 5.92 Å². The first kappa shape index (κ1) is 20.4. The second kappa shape index (κ2) is 8.76. The lowest BCUT2D eigenvalue weighted by molar-refractivity contribution is -0.135. The Hall–Kier alpha value is -2.37. The maximum Gasteiger partial charge on any atom is 0.242 e. The Morgan fingerprint density at radius 3 is 2.75 bits per heavy atom. The Morgan fingerprint density at radius 2 is 2.04 bits per heavy atom. The molecule has 0 spiro atoms. The molecule has 0 saturated carbocycles. The van der Waals surface area contributed by atoms with Gasteiger partial charge in [0.2, 0.25) is 11.8 Å². The average molecular weight is 385 g/mol. The Balaban J connectivity index is 1.95. The quantitative estimate of drug-likeness (QED) is 0.733. The molecule has 6 nitrogen and oxygen atoms in total. The number of rotatable bonds is 7. The van der Waals surface area contributed by atoms with Crippen LogP contribution in [0.5, 0.6) is 0 Å². The van der Waals surface area contributed by atoms with Crippen LogP contribution >= 0.6 is 0 Å². The Bertz CT molecular complexity index is 842. The number of fused-ring (bicyclic) bond motifs is 1. The lowest BCUT2D eigenvalue weighted by atomic mass is 10.1. The van der Waals surface area contributed by atoms with Gasteiger partial charge in [0.25, 0.3) is 0 Å². The van der Waals surface area contributed by atoms with E-state index >= 15 is 0 Å². The molecule has 3 rings (SSSR count). The summed E-state index contributed by atoms with van der Waals surface area (Å²) in [4.78, 5) is 34.2. The fourth-order valence-electron chi connectivity index (χ4n) is 3.92. The molecular weight excluding hydrogens is 352 g/mol. The summed E-state index contributed by atoms with van der Waals surface area (Å²) in [5, 5.41) is 0. The number of unbranched alkanes of at least 4 members (excludes halogenated alkanes) is 1. The van der Waals surface area contributed by atoms with E-state index in [1.807, 2.05) is 54.6 Å². The van der Waals surface area contributed by atoms with Crippen LogP contribution in [0.1, 0.15) is 58.3 Å². The Morgan fingerprint density at radius 1 is 1.29 bits per heavy atom. The van der Waals surface area contributed by atoms with E-state index in [2.05, 4.69) is 6.92 Å². The fourth-order valence-corrected chi connectivity index (χ4v) is 3.92. The van der Waals surface area contributed by atoms with Crippen LogP contribution < -0.4 is 0 Å². The van der Waals surface area contributed by atoms with Gasteiger partial charge in [-0.15, -0.1) is 0 Å². The topological polar surface area (TPSA) is 58.4 Å². The second-order valence-corrected chi connectivity index (χ2v) is 8.06. The average Bonchev–Trinajstić information content (AvgIpc) is 3.30. The van der Waals surface area contributed by atoms with Gasteiger partial charge < -0.3 is 14.4 Å². The smallest absolute Gasteiger partial charge is 0.242 e. The second-order valence-electron chi connectivity index (χ2n) is 8.06. The number of likely N-dealkylation sites (tertiary alicyclic amines) is 1. The molecule has 0 aliphatic carbocycles. The first-order valence-corrected chi connectivity index (χ1v) is 10.4. The molecule has 6 heteroatoms. The van der Waals surface area contributed by atoms with Crippen LogP contribution in [0.4, 0.5) is 0 Å². The molecule has 152 valence electrons. The SMILES string of the molecule is CCCCN(C)C(=O)Cn1c(C2CCCN2C(=O)C(C)C)nc2ccccc21. The van der Waals surface area contributed by atoms with E-state index in [0.29, 0.717) is 0 Å². The summed E-state index contributed by atoms with van der Waals surface area (Å²) in [6.45, 7) is 7.78.